The molecule has 1 saturated heterocycles. The van der Waals surface area contributed by atoms with Crippen LogP contribution in [0.3, 0.4) is 0 Å². The summed E-state index contributed by atoms with van der Waals surface area (Å²) in [5.41, 5.74) is 3.10. The van der Waals surface area contributed by atoms with Gasteiger partial charge in [0.1, 0.15) is 23.0 Å². The van der Waals surface area contributed by atoms with Crippen molar-refractivity contribution in [2.75, 3.05) is 97.0 Å². The number of benzene rings is 6. The van der Waals surface area contributed by atoms with Gasteiger partial charge in [0.2, 0.25) is 0 Å². The Morgan fingerprint density at radius 3 is 1.36 bits per heavy atom. The van der Waals surface area contributed by atoms with Gasteiger partial charge in [-0.15, -0.1) is 0 Å². The first-order valence-electron chi connectivity index (χ1n) is 25.3. The zero-order chi connectivity index (χ0) is 54.8. The summed E-state index contributed by atoms with van der Waals surface area (Å²) in [7, 11) is 3.33. The average Bonchev–Trinajstić information content (AvgIpc) is 3.43. The molecule has 0 N–H and O–H groups in total. The third kappa shape index (κ3) is 16.0. The van der Waals surface area contributed by atoms with Crippen LogP contribution in [0.15, 0.2) is 168 Å². The minimum atomic E-state index is -3.75. The Hall–Kier alpha value is -7.12. The number of amides is 2. The van der Waals surface area contributed by atoms with Crippen molar-refractivity contribution < 1.29 is 45.4 Å². The normalized spacial score (nSPS) is 13.4. The number of carbonyl (C=O) groups is 2. The smallest absolute Gasteiger partial charge is 0.264 e. The largest absolute Gasteiger partial charge is 0.494 e. The number of carbonyl (C=O) groups excluding carboxylic acids is 2. The van der Waals surface area contributed by atoms with E-state index in [-0.39, 0.29) is 46.9 Å². The van der Waals surface area contributed by atoms with E-state index in [9.17, 15) is 26.4 Å². The quantitative estimate of drug-likeness (QED) is 0.0604. The Morgan fingerprint density at radius 2 is 0.934 bits per heavy atom. The standard InChI is InChI=1S/C30H37N3O5S.C28H35N3O5S/c1-4-37-27-14-16-29(17-15-27)39(35,36)32(3)25-10-12-28(13-11-25)38-23-30(34)33(22-24-8-6-5-7-9-24)26-18-20-31(2)21-19-26;1-6-35-24-16-18-26(19-17-24)37(33,34)31(5)23-12-14-25(15-13-23)36-21-28(32)30(4)27(20-29(2)3)22-10-8-7-9-11-22/h5-17,26H,4,18-23H2,1-3H3;7-19,27H,6,20-21H2,1-5H3. The van der Waals surface area contributed by atoms with Gasteiger partial charge in [-0.1, -0.05) is 60.7 Å². The number of hydrogen-bond acceptors (Lipinski definition) is 12. The fourth-order valence-electron chi connectivity index (χ4n) is 8.48. The van der Waals surface area contributed by atoms with Crippen molar-refractivity contribution in [2.45, 2.75) is 55.1 Å². The lowest BCUT2D eigenvalue weighted by molar-refractivity contribution is -0.137. The Balaban J connectivity index is 0.000000247. The molecule has 0 bridgehead atoms. The van der Waals surface area contributed by atoms with Crippen LogP contribution in [0.25, 0.3) is 0 Å². The average molecular weight is 1080 g/mol. The molecule has 1 aliphatic rings. The first-order chi connectivity index (χ1) is 36.4. The lowest BCUT2D eigenvalue weighted by atomic mass is 10.0. The molecule has 6 aromatic rings. The Bertz CT molecular complexity index is 2960. The number of hydrogen-bond donors (Lipinski definition) is 0. The lowest BCUT2D eigenvalue weighted by Crippen LogP contribution is -2.47. The molecule has 0 spiro atoms. The van der Waals surface area contributed by atoms with Crippen LogP contribution in [-0.4, -0.2) is 143 Å². The molecular formula is C58H72N6O10S2. The van der Waals surface area contributed by atoms with Gasteiger partial charge in [0.05, 0.1) is 40.4 Å². The van der Waals surface area contributed by atoms with Crippen LogP contribution in [0.2, 0.25) is 0 Å². The summed E-state index contributed by atoms with van der Waals surface area (Å²) in [5.74, 6) is 1.99. The van der Waals surface area contributed by atoms with E-state index in [0.717, 1.165) is 37.1 Å². The van der Waals surface area contributed by atoms with Gasteiger partial charge in [-0.2, -0.15) is 0 Å². The topological polar surface area (TPSA) is 159 Å². The van der Waals surface area contributed by atoms with Gasteiger partial charge in [0, 0.05) is 40.3 Å². The Labute approximate surface area is 450 Å². The molecule has 1 fully saturated rings. The summed E-state index contributed by atoms with van der Waals surface area (Å²) in [4.78, 5) is 34.5. The van der Waals surface area contributed by atoms with Gasteiger partial charge in [-0.25, -0.2) is 16.8 Å². The number of ether oxygens (including phenoxy) is 4. The van der Waals surface area contributed by atoms with Gasteiger partial charge in [0.15, 0.2) is 13.2 Å². The van der Waals surface area contributed by atoms with E-state index < -0.39 is 20.0 Å². The highest BCUT2D eigenvalue weighted by Gasteiger charge is 2.29. The summed E-state index contributed by atoms with van der Waals surface area (Å²) < 4.78 is 77.1. The first-order valence-corrected chi connectivity index (χ1v) is 28.2. The number of sulfonamides is 2. The first kappa shape index (κ1) is 58.1. The summed E-state index contributed by atoms with van der Waals surface area (Å²) in [6.07, 6.45) is 1.86. The maximum absolute atomic E-state index is 13.3. The van der Waals surface area contributed by atoms with Crippen LogP contribution < -0.4 is 27.6 Å². The summed E-state index contributed by atoms with van der Waals surface area (Å²) in [5, 5.41) is 0. The summed E-state index contributed by atoms with van der Waals surface area (Å²) in [6.45, 7) is 7.68. The van der Waals surface area contributed by atoms with E-state index in [1.54, 1.807) is 84.7 Å². The van der Waals surface area contributed by atoms with E-state index in [0.29, 0.717) is 60.7 Å². The predicted molar refractivity (Wildman–Crippen MR) is 298 cm³/mol. The molecule has 16 nitrogen and oxygen atoms in total. The van der Waals surface area contributed by atoms with Gasteiger partial charge in [0.25, 0.3) is 31.9 Å². The van der Waals surface area contributed by atoms with Crippen molar-refractivity contribution in [3.05, 3.63) is 169 Å². The number of piperidine rings is 1. The number of anilines is 2. The molecule has 6 aromatic carbocycles. The van der Waals surface area contributed by atoms with Crippen molar-refractivity contribution in [1.29, 1.82) is 0 Å². The summed E-state index contributed by atoms with van der Waals surface area (Å²) in [6, 6.07) is 45.9. The fourth-order valence-corrected chi connectivity index (χ4v) is 10.9. The van der Waals surface area contributed by atoms with Crippen LogP contribution in [-0.2, 0) is 36.2 Å². The van der Waals surface area contributed by atoms with Crippen molar-refractivity contribution in [3.8, 4) is 23.0 Å². The molecule has 1 aliphatic heterocycles. The highest BCUT2D eigenvalue weighted by atomic mass is 32.2. The van der Waals surface area contributed by atoms with Gasteiger partial charge >= 0.3 is 0 Å². The van der Waals surface area contributed by atoms with Crippen molar-refractivity contribution >= 4 is 43.2 Å². The second-order valence-corrected chi connectivity index (χ2v) is 22.5. The molecule has 1 atom stereocenters. The Morgan fingerprint density at radius 1 is 0.539 bits per heavy atom. The molecule has 0 aliphatic carbocycles. The molecule has 18 heteroatoms. The number of likely N-dealkylation sites (tertiary alicyclic amines) is 1. The van der Waals surface area contributed by atoms with Gasteiger partial charge in [-0.05, 0) is 169 Å². The molecular weight excluding hydrogens is 1000 g/mol. The van der Waals surface area contributed by atoms with E-state index >= 15 is 0 Å². The van der Waals surface area contributed by atoms with Crippen LogP contribution in [0.1, 0.15) is 43.9 Å². The van der Waals surface area contributed by atoms with E-state index in [1.807, 2.05) is 98.4 Å². The molecule has 0 saturated carbocycles. The van der Waals surface area contributed by atoms with Crippen LogP contribution in [0.5, 0.6) is 23.0 Å². The van der Waals surface area contributed by atoms with Gasteiger partial charge < -0.3 is 38.5 Å². The summed E-state index contributed by atoms with van der Waals surface area (Å²) >= 11 is 0. The zero-order valence-corrected chi connectivity index (χ0v) is 46.5. The number of rotatable bonds is 23. The van der Waals surface area contributed by atoms with Crippen LogP contribution in [0.4, 0.5) is 11.4 Å². The van der Waals surface area contributed by atoms with E-state index in [4.69, 9.17) is 18.9 Å². The van der Waals surface area contributed by atoms with Gasteiger partial charge in [-0.3, -0.25) is 18.2 Å². The third-order valence-corrected chi connectivity index (χ3v) is 16.5. The second-order valence-electron chi connectivity index (χ2n) is 18.6. The number of nitrogens with zero attached hydrogens (tertiary/aromatic N) is 6. The fraction of sp³-hybridized carbons (Fsp3) is 0.345. The maximum atomic E-state index is 13.3. The molecule has 0 radical (unpaired) electrons. The predicted octanol–water partition coefficient (Wildman–Crippen LogP) is 8.46. The van der Waals surface area contributed by atoms with Crippen LogP contribution >= 0.6 is 0 Å². The minimum Gasteiger partial charge on any atom is -0.494 e. The molecule has 76 heavy (non-hydrogen) atoms. The molecule has 1 unspecified atom stereocenters. The lowest BCUT2D eigenvalue weighted by Gasteiger charge is -2.37. The molecule has 1 heterocycles. The van der Waals surface area contributed by atoms with E-state index in [1.165, 1.54) is 47.0 Å². The highest BCUT2D eigenvalue weighted by Crippen LogP contribution is 2.29. The maximum Gasteiger partial charge on any atom is 0.264 e. The molecule has 0 aromatic heterocycles. The van der Waals surface area contributed by atoms with Crippen molar-refractivity contribution in [2.24, 2.45) is 0 Å². The van der Waals surface area contributed by atoms with Crippen molar-refractivity contribution in [1.82, 2.24) is 19.6 Å². The van der Waals surface area contributed by atoms with Crippen LogP contribution in [0, 0.1) is 0 Å². The third-order valence-electron chi connectivity index (χ3n) is 12.9. The molecule has 2 amide bonds. The van der Waals surface area contributed by atoms with Crippen molar-refractivity contribution in [3.63, 3.8) is 0 Å². The minimum absolute atomic E-state index is 0.0623. The van der Waals surface area contributed by atoms with E-state index in [2.05, 4.69) is 11.9 Å². The second kappa shape index (κ2) is 27.6. The highest BCUT2D eigenvalue weighted by molar-refractivity contribution is 7.93. The zero-order valence-electron chi connectivity index (χ0n) is 44.8. The number of likely N-dealkylation sites (N-methyl/N-ethyl adjacent to an activating group) is 2. The molecule has 7 rings (SSSR count). The monoisotopic (exact) mass is 1080 g/mol. The molecule has 406 valence electrons. The SMILES string of the molecule is CCOc1ccc(S(=O)(=O)N(C)c2ccc(OCC(=O)N(C)C(CN(C)C)c3ccccc3)cc2)cc1.CCOc1ccc(S(=O)(=O)N(C)c2ccc(OCC(=O)N(Cc3ccccc3)C3CCN(C)CC3)cc2)cc1. The Kier molecular flexibility index (Phi) is 21.1.